The fraction of sp³-hybridized carbons (Fsp3) is 0.290. The van der Waals surface area contributed by atoms with Crippen LogP contribution < -0.4 is 10.0 Å². The van der Waals surface area contributed by atoms with E-state index < -0.39 is 22.7 Å². The van der Waals surface area contributed by atoms with Crippen molar-refractivity contribution < 1.29 is 14.5 Å². The molecule has 0 aromatic heterocycles. The maximum atomic E-state index is 14.0. The normalized spacial score (nSPS) is 19.6. The van der Waals surface area contributed by atoms with Crippen molar-refractivity contribution in [2.75, 3.05) is 10.0 Å². The molecule has 2 aliphatic heterocycles. The summed E-state index contributed by atoms with van der Waals surface area (Å²) in [7, 11) is 0. The van der Waals surface area contributed by atoms with E-state index in [2.05, 4.69) is 10.2 Å². The molecule has 2 atom stereocenters. The molecule has 0 saturated carbocycles. The van der Waals surface area contributed by atoms with Crippen molar-refractivity contribution in [1.82, 2.24) is 0 Å². The summed E-state index contributed by atoms with van der Waals surface area (Å²) in [6.45, 7) is 11.5. The quantitative estimate of drug-likeness (QED) is 0.284. The number of hydrazone groups is 2. The lowest BCUT2D eigenvalue weighted by molar-refractivity contribution is -0.384. The van der Waals surface area contributed by atoms with E-state index in [0.29, 0.717) is 28.4 Å². The number of rotatable bonds is 6. The highest BCUT2D eigenvalue weighted by Gasteiger charge is 2.50. The van der Waals surface area contributed by atoms with Crippen LogP contribution in [0.4, 0.5) is 17.1 Å². The maximum Gasteiger partial charge on any atom is 0.269 e. The second kappa shape index (κ2) is 10.1. The molecule has 0 saturated heterocycles. The summed E-state index contributed by atoms with van der Waals surface area (Å²) < 4.78 is 0. The van der Waals surface area contributed by atoms with Crippen LogP contribution in [0, 0.1) is 49.6 Å². The van der Waals surface area contributed by atoms with Gasteiger partial charge in [0.1, 0.15) is 0 Å². The smallest absolute Gasteiger partial charge is 0.269 e. The molecule has 2 unspecified atom stereocenters. The summed E-state index contributed by atoms with van der Waals surface area (Å²) in [5.41, 5.74) is 7.27. The predicted molar refractivity (Wildman–Crippen MR) is 156 cm³/mol. The predicted octanol–water partition coefficient (Wildman–Crippen LogP) is 5.99. The van der Waals surface area contributed by atoms with Crippen LogP contribution in [-0.4, -0.2) is 28.2 Å². The summed E-state index contributed by atoms with van der Waals surface area (Å²) in [5, 5.41) is 23.4. The number of non-ortho nitro benzene ring substituents is 1. The van der Waals surface area contributed by atoms with Crippen molar-refractivity contribution in [2.45, 2.75) is 47.5 Å². The van der Waals surface area contributed by atoms with E-state index in [0.717, 1.165) is 22.3 Å². The van der Waals surface area contributed by atoms with E-state index in [1.165, 1.54) is 22.2 Å². The van der Waals surface area contributed by atoms with Crippen LogP contribution in [0.2, 0.25) is 0 Å². The van der Waals surface area contributed by atoms with Crippen LogP contribution in [-0.2, 0) is 9.59 Å². The molecular weight excluding hydrogens is 506 g/mol. The third-order valence-corrected chi connectivity index (χ3v) is 8.04. The van der Waals surface area contributed by atoms with E-state index >= 15 is 0 Å². The van der Waals surface area contributed by atoms with Gasteiger partial charge in [-0.25, -0.2) is 10.0 Å². The first-order valence-corrected chi connectivity index (χ1v) is 13.1. The van der Waals surface area contributed by atoms with Gasteiger partial charge >= 0.3 is 0 Å². The minimum Gasteiger partial charge on any atom is -0.272 e. The number of anilines is 2. The van der Waals surface area contributed by atoms with Crippen LogP contribution >= 0.6 is 0 Å². The van der Waals surface area contributed by atoms with Gasteiger partial charge in [0.15, 0.2) is 0 Å². The molecule has 5 rings (SSSR count). The number of nitro benzene ring substituents is 1. The Bertz CT molecular complexity index is 1520. The Morgan fingerprint density at radius 1 is 0.675 bits per heavy atom. The molecule has 0 N–H and O–H groups in total. The van der Waals surface area contributed by atoms with Crippen molar-refractivity contribution >= 4 is 40.3 Å². The minimum atomic E-state index is -0.762. The molecule has 0 fully saturated rings. The summed E-state index contributed by atoms with van der Waals surface area (Å²) in [6.07, 6.45) is 0. The van der Waals surface area contributed by atoms with Crippen molar-refractivity contribution in [3.8, 4) is 0 Å². The van der Waals surface area contributed by atoms with E-state index in [1.54, 1.807) is 26.0 Å². The molecule has 0 bridgehead atoms. The Hall–Kier alpha value is -4.66. The Morgan fingerprint density at radius 2 is 1.10 bits per heavy atom. The summed E-state index contributed by atoms with van der Waals surface area (Å²) in [5.74, 6) is -2.70. The van der Waals surface area contributed by atoms with Gasteiger partial charge in [0.2, 0.25) is 0 Å². The first kappa shape index (κ1) is 26.9. The Labute approximate surface area is 233 Å². The van der Waals surface area contributed by atoms with Gasteiger partial charge in [0, 0.05) is 29.5 Å². The van der Waals surface area contributed by atoms with E-state index in [-0.39, 0.29) is 17.5 Å². The van der Waals surface area contributed by atoms with Gasteiger partial charge < -0.3 is 0 Å². The van der Waals surface area contributed by atoms with Gasteiger partial charge in [-0.1, -0.05) is 24.3 Å². The van der Waals surface area contributed by atoms with Crippen LogP contribution in [0.3, 0.4) is 0 Å². The number of amides is 2. The topological polar surface area (TPSA) is 108 Å². The lowest BCUT2D eigenvalue weighted by Gasteiger charge is -2.28. The van der Waals surface area contributed by atoms with Gasteiger partial charge in [-0.2, -0.15) is 10.2 Å². The van der Waals surface area contributed by atoms with E-state index in [4.69, 9.17) is 0 Å². The Balaban J connectivity index is 1.58. The van der Waals surface area contributed by atoms with E-state index in [9.17, 15) is 19.7 Å². The highest BCUT2D eigenvalue weighted by molar-refractivity contribution is 6.19. The highest BCUT2D eigenvalue weighted by Crippen LogP contribution is 2.43. The second-order valence-electron chi connectivity index (χ2n) is 10.6. The fourth-order valence-electron chi connectivity index (χ4n) is 5.47. The zero-order chi connectivity index (χ0) is 28.9. The van der Waals surface area contributed by atoms with Gasteiger partial charge in [-0.05, 0) is 93.6 Å². The second-order valence-corrected chi connectivity index (χ2v) is 10.6. The zero-order valence-corrected chi connectivity index (χ0v) is 23.4. The first-order chi connectivity index (χ1) is 19.0. The SMILES string of the molecule is CC1=NN(c2ccc(C)c(C)c2)C(=O)C1C(c1ccc([N+](=O)[O-])cc1)C1C(=O)N(c2ccc(C)c(C)c2)N=C1C. The Morgan fingerprint density at radius 3 is 1.48 bits per heavy atom. The molecular formula is C31H31N5O4. The van der Waals surface area contributed by atoms with Crippen LogP contribution in [0.25, 0.3) is 0 Å². The maximum absolute atomic E-state index is 14.0. The van der Waals surface area contributed by atoms with Crippen molar-refractivity contribution in [1.29, 1.82) is 0 Å². The first-order valence-electron chi connectivity index (χ1n) is 13.1. The molecule has 2 aliphatic rings. The average Bonchev–Trinajstić information content (AvgIpc) is 3.38. The largest absolute Gasteiger partial charge is 0.272 e. The molecule has 204 valence electrons. The number of benzene rings is 3. The molecule has 9 heteroatoms. The third-order valence-electron chi connectivity index (χ3n) is 8.04. The molecule has 2 heterocycles. The number of carbonyl (C=O) groups is 2. The molecule has 9 nitrogen and oxygen atoms in total. The third kappa shape index (κ3) is 4.57. The lowest BCUT2D eigenvalue weighted by Crippen LogP contribution is -2.40. The summed E-state index contributed by atoms with van der Waals surface area (Å²) in [4.78, 5) is 39.0. The molecule has 0 radical (unpaired) electrons. The van der Waals surface area contributed by atoms with Crippen molar-refractivity contribution in [3.63, 3.8) is 0 Å². The molecule has 0 aliphatic carbocycles. The lowest BCUT2D eigenvalue weighted by atomic mass is 9.73. The van der Waals surface area contributed by atoms with Crippen LogP contribution in [0.1, 0.15) is 47.6 Å². The average molecular weight is 538 g/mol. The fourth-order valence-corrected chi connectivity index (χ4v) is 5.47. The monoisotopic (exact) mass is 537 g/mol. The van der Waals surface area contributed by atoms with Crippen molar-refractivity contribution in [2.24, 2.45) is 22.0 Å². The molecule has 2 amide bonds. The number of nitro groups is 1. The zero-order valence-electron chi connectivity index (χ0n) is 23.4. The number of nitrogens with zero attached hydrogens (tertiary/aromatic N) is 5. The van der Waals surface area contributed by atoms with Crippen molar-refractivity contribution in [3.05, 3.63) is 98.6 Å². The van der Waals surface area contributed by atoms with Crippen LogP contribution in [0.15, 0.2) is 70.9 Å². The minimum absolute atomic E-state index is 0.0673. The van der Waals surface area contributed by atoms with Gasteiger partial charge in [0.05, 0.1) is 28.1 Å². The highest BCUT2D eigenvalue weighted by atomic mass is 16.6. The van der Waals surface area contributed by atoms with Crippen LogP contribution in [0.5, 0.6) is 0 Å². The van der Waals surface area contributed by atoms with Gasteiger partial charge in [-0.15, -0.1) is 0 Å². The number of carbonyl (C=O) groups excluding carboxylic acids is 2. The number of hydrogen-bond acceptors (Lipinski definition) is 6. The molecule has 3 aromatic carbocycles. The van der Waals surface area contributed by atoms with Gasteiger partial charge in [0.25, 0.3) is 17.5 Å². The number of hydrogen-bond donors (Lipinski definition) is 0. The molecule has 0 spiro atoms. The van der Waals surface area contributed by atoms with E-state index in [1.807, 2.05) is 64.1 Å². The Kier molecular flexibility index (Phi) is 6.83. The summed E-state index contributed by atoms with van der Waals surface area (Å²) in [6, 6.07) is 17.5. The summed E-state index contributed by atoms with van der Waals surface area (Å²) >= 11 is 0. The molecule has 40 heavy (non-hydrogen) atoms. The molecule has 3 aromatic rings. The standard InChI is InChI=1S/C31H31N5O4/c1-17-7-11-25(15-19(17)3)34-30(37)27(21(5)32-34)29(23-9-13-24(14-10-23)36(39)40)28-22(6)33-35(31(28)38)26-12-8-18(2)20(4)16-26/h7-16,27-29H,1-6H3. The number of aryl methyl sites for hydroxylation is 4. The van der Waals surface area contributed by atoms with Gasteiger partial charge in [-0.3, -0.25) is 19.7 Å².